The quantitative estimate of drug-likeness (QED) is 0.128. The molecule has 1 aliphatic heterocycles. The van der Waals surface area contributed by atoms with Crippen molar-refractivity contribution in [2.75, 3.05) is 70.9 Å². The number of thiazole rings is 1. The lowest BCUT2D eigenvalue weighted by Gasteiger charge is -2.34. The molecule has 4 aromatic rings. The molecule has 304 valence electrons. The van der Waals surface area contributed by atoms with Crippen LogP contribution in [-0.4, -0.2) is 140 Å². The molecule has 0 aliphatic carbocycles. The number of carboxylic acid groups (broad SMARTS) is 2. The van der Waals surface area contributed by atoms with Crippen molar-refractivity contribution in [3.8, 4) is 10.7 Å². The van der Waals surface area contributed by atoms with Crippen molar-refractivity contribution in [1.29, 1.82) is 0 Å². The maximum Gasteiger partial charge on any atom is 0.490 e. The van der Waals surface area contributed by atoms with Crippen molar-refractivity contribution in [2.45, 2.75) is 30.0 Å². The monoisotopic (exact) mass is 844 g/mol. The van der Waals surface area contributed by atoms with Gasteiger partial charge in [-0.3, -0.25) is 18.9 Å². The van der Waals surface area contributed by atoms with Crippen molar-refractivity contribution < 1.29 is 64.1 Å². The number of aliphatic carboxylic acids is 2. The fraction of sp³-hybridized carbons (Fsp3) is 0.438. The smallest absolute Gasteiger partial charge is 0.475 e. The van der Waals surface area contributed by atoms with Crippen LogP contribution >= 0.6 is 22.7 Å². The number of para-hydroxylation sites is 1. The number of aromatic amines is 1. The number of nitrogens with one attached hydrogen (secondary N) is 1. The molecule has 14 nitrogen and oxygen atoms in total. The normalized spacial score (nSPS) is 14.1. The Kier molecular flexibility index (Phi) is 16.0. The van der Waals surface area contributed by atoms with Gasteiger partial charge in [-0.15, -0.1) is 22.7 Å². The summed E-state index contributed by atoms with van der Waals surface area (Å²) in [6.45, 7) is 7.72. The van der Waals surface area contributed by atoms with Crippen molar-refractivity contribution in [2.24, 2.45) is 0 Å². The van der Waals surface area contributed by atoms with Crippen molar-refractivity contribution in [1.82, 2.24) is 24.7 Å². The molecule has 0 saturated carbocycles. The lowest BCUT2D eigenvalue weighted by Crippen LogP contribution is -2.48. The highest BCUT2D eigenvalue weighted by Gasteiger charge is 2.39. The van der Waals surface area contributed by atoms with E-state index >= 15 is 0 Å². The molecule has 23 heteroatoms. The number of alkyl halides is 6. The Bertz CT molecular complexity index is 1950. The van der Waals surface area contributed by atoms with Gasteiger partial charge in [-0.05, 0) is 30.5 Å². The maximum absolute atomic E-state index is 13.6. The van der Waals surface area contributed by atoms with Crippen molar-refractivity contribution >= 4 is 67.1 Å². The molecule has 55 heavy (non-hydrogen) atoms. The van der Waals surface area contributed by atoms with Crippen LogP contribution in [-0.2, 0) is 35.7 Å². The number of likely N-dealkylation sites (N-methyl/N-ethyl adjacent to an activating group) is 1. The zero-order valence-corrected chi connectivity index (χ0v) is 32.0. The first kappa shape index (κ1) is 45.1. The second kappa shape index (κ2) is 19.5. The summed E-state index contributed by atoms with van der Waals surface area (Å²) in [5.41, 5.74) is 2.19. The van der Waals surface area contributed by atoms with E-state index in [1.165, 1.54) is 15.6 Å². The number of benzene rings is 1. The molecule has 1 amide bonds. The van der Waals surface area contributed by atoms with Gasteiger partial charge < -0.3 is 24.8 Å². The number of aromatic nitrogens is 2. The van der Waals surface area contributed by atoms with Gasteiger partial charge in [0.25, 0.3) is 10.0 Å². The van der Waals surface area contributed by atoms with E-state index in [-0.39, 0.29) is 12.5 Å². The predicted octanol–water partition coefficient (Wildman–Crippen LogP) is 5.06. The molecule has 1 saturated heterocycles. The van der Waals surface area contributed by atoms with Crippen LogP contribution < -0.4 is 4.31 Å². The molecule has 0 atom stereocenters. The Morgan fingerprint density at radius 1 is 0.964 bits per heavy atom. The highest BCUT2D eigenvalue weighted by atomic mass is 32.2. The third kappa shape index (κ3) is 13.2. The number of halogens is 6. The van der Waals surface area contributed by atoms with Gasteiger partial charge in [0, 0.05) is 69.9 Å². The zero-order valence-electron chi connectivity index (χ0n) is 29.6. The summed E-state index contributed by atoms with van der Waals surface area (Å²) in [6, 6.07) is 11.1. The van der Waals surface area contributed by atoms with Gasteiger partial charge in [-0.1, -0.05) is 18.2 Å². The zero-order chi connectivity index (χ0) is 41.1. The third-order valence-corrected chi connectivity index (χ3v) is 11.8. The summed E-state index contributed by atoms with van der Waals surface area (Å²) >= 11 is 2.84. The van der Waals surface area contributed by atoms with Gasteiger partial charge in [-0.25, -0.2) is 23.0 Å². The number of rotatable bonds is 12. The summed E-state index contributed by atoms with van der Waals surface area (Å²) in [5, 5.41) is 17.8. The van der Waals surface area contributed by atoms with Crippen LogP contribution in [0.1, 0.15) is 11.8 Å². The SMILES string of the molecule is CCOCCN(c1cccc2cc(-c3ncc(CN4CCN(CC(=O)N(C)C)CC4)s3)[nH]c12)S(=O)(=O)c1cccs1.O=C(O)C(F)(F)F.O=C(O)C(F)(F)F. The van der Waals surface area contributed by atoms with Crippen LogP contribution in [0.4, 0.5) is 32.0 Å². The van der Waals surface area contributed by atoms with Gasteiger partial charge >= 0.3 is 24.3 Å². The van der Waals surface area contributed by atoms with Gasteiger partial charge in [0.05, 0.1) is 36.6 Å². The number of carbonyl (C=O) groups is 3. The van der Waals surface area contributed by atoms with Crippen LogP contribution in [0, 0.1) is 0 Å². The number of nitrogens with zero attached hydrogens (tertiary/aromatic N) is 5. The number of sulfonamides is 1. The number of carbonyl (C=O) groups excluding carboxylic acids is 1. The first-order chi connectivity index (χ1) is 25.6. The van der Waals surface area contributed by atoms with Crippen LogP contribution in [0.25, 0.3) is 21.6 Å². The lowest BCUT2D eigenvalue weighted by molar-refractivity contribution is -0.193. The fourth-order valence-corrected chi connectivity index (χ4v) is 8.30. The molecular formula is C32H38F6N6O8S3. The number of amides is 1. The number of thiophene rings is 1. The standard InChI is InChI=1S/C28H36N6O4S3.2C2HF3O2/c1-4-38-15-14-34(41(36,37)26-9-6-16-39-26)24-8-5-7-21-17-23(30-27(21)24)28-29-18-22(40-28)19-32-10-12-33(13-11-32)20-25(35)31(2)3;2*3-2(4,5)1(6)7/h5-9,16-18,30H,4,10-15,19-20H2,1-3H3;2*(H,6,7). The Balaban J connectivity index is 0.000000494. The number of ether oxygens (including phenoxy) is 1. The molecule has 1 fully saturated rings. The summed E-state index contributed by atoms with van der Waals surface area (Å²) in [4.78, 5) is 45.4. The van der Waals surface area contributed by atoms with E-state index in [9.17, 15) is 39.6 Å². The first-order valence-electron chi connectivity index (χ1n) is 16.1. The van der Waals surface area contributed by atoms with E-state index < -0.39 is 34.3 Å². The molecule has 1 aliphatic rings. The molecule has 0 unspecified atom stereocenters. The molecule has 1 aromatic carbocycles. The predicted molar refractivity (Wildman–Crippen MR) is 193 cm³/mol. The first-order valence-corrected chi connectivity index (χ1v) is 19.2. The number of hydrogen-bond donors (Lipinski definition) is 3. The molecule has 0 radical (unpaired) electrons. The van der Waals surface area contributed by atoms with E-state index in [0.29, 0.717) is 29.7 Å². The average Bonchev–Trinajstić information content (AvgIpc) is 3.89. The van der Waals surface area contributed by atoms with E-state index in [1.807, 2.05) is 37.4 Å². The van der Waals surface area contributed by atoms with Crippen molar-refractivity contribution in [3.63, 3.8) is 0 Å². The minimum atomic E-state index is -5.08. The summed E-state index contributed by atoms with van der Waals surface area (Å²) in [6.07, 6.45) is -8.25. The highest BCUT2D eigenvalue weighted by Crippen LogP contribution is 2.35. The number of carboxylic acids is 2. The van der Waals surface area contributed by atoms with E-state index in [1.54, 1.807) is 47.8 Å². The fourth-order valence-electron chi connectivity index (χ4n) is 4.81. The molecule has 0 spiro atoms. The van der Waals surface area contributed by atoms with Crippen LogP contribution in [0.5, 0.6) is 0 Å². The number of H-pyrrole nitrogens is 1. The van der Waals surface area contributed by atoms with Crippen LogP contribution in [0.3, 0.4) is 0 Å². The Morgan fingerprint density at radius 3 is 2.09 bits per heavy atom. The number of anilines is 1. The molecule has 5 rings (SSSR count). The Morgan fingerprint density at radius 2 is 1.56 bits per heavy atom. The van der Waals surface area contributed by atoms with Gasteiger partial charge in [-0.2, -0.15) is 26.3 Å². The molecular weight excluding hydrogens is 807 g/mol. The van der Waals surface area contributed by atoms with Crippen LogP contribution in [0.2, 0.25) is 0 Å². The van der Waals surface area contributed by atoms with Crippen LogP contribution in [0.15, 0.2) is 52.2 Å². The second-order valence-corrected chi connectivity index (χ2v) is 15.9. The lowest BCUT2D eigenvalue weighted by atomic mass is 10.2. The largest absolute Gasteiger partial charge is 0.490 e. The highest BCUT2D eigenvalue weighted by molar-refractivity contribution is 7.94. The maximum atomic E-state index is 13.6. The third-order valence-electron chi connectivity index (χ3n) is 7.56. The van der Waals surface area contributed by atoms with Gasteiger partial charge in [0.1, 0.15) is 9.22 Å². The summed E-state index contributed by atoms with van der Waals surface area (Å²) < 4.78 is 98.0. The second-order valence-electron chi connectivity index (χ2n) is 11.7. The molecule has 0 bridgehead atoms. The van der Waals surface area contributed by atoms with Crippen molar-refractivity contribution in [3.05, 3.63) is 52.9 Å². The topological polar surface area (TPSA) is 177 Å². The number of hydrogen-bond acceptors (Lipinski definition) is 11. The molecule has 4 heterocycles. The summed E-state index contributed by atoms with van der Waals surface area (Å²) in [7, 11) is -0.174. The molecule has 3 aromatic heterocycles. The Labute approximate surface area is 319 Å². The number of piperazine rings is 1. The summed E-state index contributed by atoms with van der Waals surface area (Å²) in [5.74, 6) is -5.38. The Hall–Kier alpha value is -4.29. The van der Waals surface area contributed by atoms with E-state index in [0.717, 1.165) is 59.2 Å². The minimum absolute atomic E-state index is 0.133. The minimum Gasteiger partial charge on any atom is -0.475 e. The average molecular weight is 845 g/mol. The van der Waals surface area contributed by atoms with E-state index in [4.69, 9.17) is 29.5 Å². The molecule has 3 N–H and O–H groups in total. The van der Waals surface area contributed by atoms with E-state index in [2.05, 4.69) is 14.8 Å². The number of fused-ring (bicyclic) bond motifs is 1. The van der Waals surface area contributed by atoms with Gasteiger partial charge in [0.2, 0.25) is 5.91 Å². The van der Waals surface area contributed by atoms with Gasteiger partial charge in [0.15, 0.2) is 0 Å².